The van der Waals surface area contributed by atoms with Crippen molar-refractivity contribution < 1.29 is 9.84 Å². The largest absolute Gasteiger partial charge is 0.391 e. The zero-order chi connectivity index (χ0) is 11.3. The van der Waals surface area contributed by atoms with E-state index < -0.39 is 0 Å². The molecule has 4 nitrogen and oxygen atoms in total. The molecular formula is C10H18N2O2S. The van der Waals surface area contributed by atoms with Crippen LogP contribution in [0.3, 0.4) is 0 Å². The van der Waals surface area contributed by atoms with E-state index in [0.29, 0.717) is 6.61 Å². The van der Waals surface area contributed by atoms with E-state index in [0.717, 1.165) is 28.7 Å². The maximum absolute atomic E-state index is 9.17. The molecule has 0 saturated carbocycles. The van der Waals surface area contributed by atoms with E-state index in [1.165, 1.54) is 11.3 Å². The van der Waals surface area contributed by atoms with Crippen LogP contribution in [-0.2, 0) is 18.0 Å². The Hall–Kier alpha value is -0.650. The molecule has 0 spiro atoms. The second-order valence-corrected chi connectivity index (χ2v) is 4.44. The fourth-order valence-electron chi connectivity index (χ4n) is 1.34. The lowest BCUT2D eigenvalue weighted by molar-refractivity contribution is 0.179. The highest BCUT2D eigenvalue weighted by Crippen LogP contribution is 2.26. The van der Waals surface area contributed by atoms with Gasteiger partial charge in [-0.25, -0.2) is 4.98 Å². The molecular weight excluding hydrogens is 212 g/mol. The SMILES string of the molecule is CCCN(C)c1nc(COC)c(CO)s1. The number of nitrogens with zero attached hydrogens (tertiary/aromatic N) is 2. The summed E-state index contributed by atoms with van der Waals surface area (Å²) in [5, 5.41) is 10.1. The number of hydrogen-bond acceptors (Lipinski definition) is 5. The molecule has 0 aliphatic carbocycles. The van der Waals surface area contributed by atoms with Crippen LogP contribution in [0, 0.1) is 0 Å². The maximum atomic E-state index is 9.17. The molecule has 0 bridgehead atoms. The third-order valence-corrected chi connectivity index (χ3v) is 3.27. The fraction of sp³-hybridized carbons (Fsp3) is 0.700. The number of hydrogen-bond donors (Lipinski definition) is 1. The van der Waals surface area contributed by atoms with Gasteiger partial charge in [-0.1, -0.05) is 18.3 Å². The predicted molar refractivity (Wildman–Crippen MR) is 62.3 cm³/mol. The highest BCUT2D eigenvalue weighted by Gasteiger charge is 2.12. The molecule has 0 fully saturated rings. The number of rotatable bonds is 6. The lowest BCUT2D eigenvalue weighted by Crippen LogP contribution is -2.17. The van der Waals surface area contributed by atoms with Crippen LogP contribution in [-0.4, -0.2) is 30.8 Å². The first-order valence-corrected chi connectivity index (χ1v) is 5.84. The molecule has 0 aliphatic heterocycles. The van der Waals surface area contributed by atoms with Crippen LogP contribution in [0.1, 0.15) is 23.9 Å². The van der Waals surface area contributed by atoms with Gasteiger partial charge in [0.15, 0.2) is 5.13 Å². The molecule has 86 valence electrons. The van der Waals surface area contributed by atoms with E-state index in [9.17, 15) is 0 Å². The fourth-order valence-corrected chi connectivity index (χ4v) is 2.25. The summed E-state index contributed by atoms with van der Waals surface area (Å²) in [6, 6.07) is 0. The Morgan fingerprint density at radius 3 is 2.80 bits per heavy atom. The number of aromatic nitrogens is 1. The maximum Gasteiger partial charge on any atom is 0.185 e. The predicted octanol–water partition coefficient (Wildman–Crippen LogP) is 1.63. The zero-order valence-corrected chi connectivity index (χ0v) is 10.3. The summed E-state index contributed by atoms with van der Waals surface area (Å²) in [5.41, 5.74) is 0.850. The van der Waals surface area contributed by atoms with Gasteiger partial charge < -0.3 is 14.7 Å². The molecule has 0 atom stereocenters. The Labute approximate surface area is 94.5 Å². The molecule has 0 saturated heterocycles. The van der Waals surface area contributed by atoms with Crippen LogP contribution < -0.4 is 4.90 Å². The summed E-state index contributed by atoms with van der Waals surface area (Å²) in [6.07, 6.45) is 1.09. The average molecular weight is 230 g/mol. The third kappa shape index (κ3) is 3.15. The summed E-state index contributed by atoms with van der Waals surface area (Å²) in [5.74, 6) is 0. The summed E-state index contributed by atoms with van der Waals surface area (Å²) in [4.78, 5) is 7.45. The van der Waals surface area contributed by atoms with Crippen LogP contribution in [0.2, 0.25) is 0 Å². The molecule has 0 unspecified atom stereocenters. The first-order valence-electron chi connectivity index (χ1n) is 5.02. The number of aliphatic hydroxyl groups excluding tert-OH is 1. The molecule has 1 N–H and O–H groups in total. The average Bonchev–Trinajstić information content (AvgIpc) is 2.62. The topological polar surface area (TPSA) is 45.6 Å². The van der Waals surface area contributed by atoms with Crippen LogP contribution in [0.5, 0.6) is 0 Å². The minimum absolute atomic E-state index is 0.0380. The van der Waals surface area contributed by atoms with E-state index in [1.807, 2.05) is 7.05 Å². The first kappa shape index (κ1) is 12.4. The van der Waals surface area contributed by atoms with Crippen molar-refractivity contribution >= 4 is 16.5 Å². The van der Waals surface area contributed by atoms with Crippen LogP contribution in [0.15, 0.2) is 0 Å². The van der Waals surface area contributed by atoms with Crippen molar-refractivity contribution in [1.29, 1.82) is 0 Å². The van der Waals surface area contributed by atoms with E-state index >= 15 is 0 Å². The van der Waals surface area contributed by atoms with Gasteiger partial charge in [-0.3, -0.25) is 0 Å². The van der Waals surface area contributed by atoms with Crippen LogP contribution in [0.4, 0.5) is 5.13 Å². The quantitative estimate of drug-likeness (QED) is 0.807. The smallest absolute Gasteiger partial charge is 0.185 e. The molecule has 1 aromatic heterocycles. The number of aliphatic hydroxyl groups is 1. The highest BCUT2D eigenvalue weighted by atomic mass is 32.1. The number of ether oxygens (including phenoxy) is 1. The molecule has 15 heavy (non-hydrogen) atoms. The minimum atomic E-state index is 0.0380. The Morgan fingerprint density at radius 2 is 2.27 bits per heavy atom. The second kappa shape index (κ2) is 6.05. The Balaban J connectivity index is 2.81. The molecule has 0 aliphatic rings. The highest BCUT2D eigenvalue weighted by molar-refractivity contribution is 7.15. The molecule has 0 amide bonds. The van der Waals surface area contributed by atoms with Crippen LogP contribution in [0.25, 0.3) is 0 Å². The van der Waals surface area contributed by atoms with Gasteiger partial charge in [-0.2, -0.15) is 0 Å². The molecule has 1 heterocycles. The Bertz CT molecular complexity index is 302. The molecule has 0 aromatic carbocycles. The van der Waals surface area contributed by atoms with Gasteiger partial charge in [-0.05, 0) is 6.42 Å². The normalized spacial score (nSPS) is 10.7. The van der Waals surface area contributed by atoms with Crippen molar-refractivity contribution in [2.75, 3.05) is 25.6 Å². The summed E-state index contributed by atoms with van der Waals surface area (Å²) in [7, 11) is 3.65. The van der Waals surface area contributed by atoms with Crippen molar-refractivity contribution in [2.45, 2.75) is 26.6 Å². The summed E-state index contributed by atoms with van der Waals surface area (Å²) >= 11 is 1.53. The van der Waals surface area contributed by atoms with Gasteiger partial charge >= 0.3 is 0 Å². The third-order valence-electron chi connectivity index (χ3n) is 2.08. The van der Waals surface area contributed by atoms with Gasteiger partial charge in [0.05, 0.1) is 23.8 Å². The van der Waals surface area contributed by atoms with E-state index in [-0.39, 0.29) is 6.61 Å². The van der Waals surface area contributed by atoms with Gasteiger partial charge in [0.25, 0.3) is 0 Å². The standard InChI is InChI=1S/C10H18N2O2S/c1-4-5-12(2)10-11-8(7-14-3)9(6-13)15-10/h13H,4-7H2,1-3H3. The Kier molecular flexibility index (Phi) is 5.01. The van der Waals surface area contributed by atoms with Gasteiger partial charge in [-0.15, -0.1) is 0 Å². The number of anilines is 1. The lowest BCUT2D eigenvalue weighted by atomic mass is 10.4. The second-order valence-electron chi connectivity index (χ2n) is 3.38. The summed E-state index contributed by atoms with van der Waals surface area (Å²) < 4.78 is 5.04. The monoisotopic (exact) mass is 230 g/mol. The molecule has 5 heteroatoms. The van der Waals surface area contributed by atoms with Gasteiger partial charge in [0.1, 0.15) is 0 Å². The van der Waals surface area contributed by atoms with E-state index in [2.05, 4.69) is 16.8 Å². The van der Waals surface area contributed by atoms with E-state index in [1.54, 1.807) is 7.11 Å². The van der Waals surface area contributed by atoms with Crippen molar-refractivity contribution in [3.8, 4) is 0 Å². The summed E-state index contributed by atoms with van der Waals surface area (Å²) in [6.45, 7) is 3.61. The van der Waals surface area contributed by atoms with Crippen molar-refractivity contribution in [3.05, 3.63) is 10.6 Å². The zero-order valence-electron chi connectivity index (χ0n) is 9.49. The van der Waals surface area contributed by atoms with E-state index in [4.69, 9.17) is 9.84 Å². The first-order chi connectivity index (χ1) is 7.22. The molecule has 1 aromatic rings. The Morgan fingerprint density at radius 1 is 1.53 bits per heavy atom. The van der Waals surface area contributed by atoms with Crippen molar-refractivity contribution in [1.82, 2.24) is 4.98 Å². The van der Waals surface area contributed by atoms with Crippen molar-refractivity contribution in [2.24, 2.45) is 0 Å². The van der Waals surface area contributed by atoms with Gasteiger partial charge in [0.2, 0.25) is 0 Å². The minimum Gasteiger partial charge on any atom is -0.391 e. The molecule has 1 rings (SSSR count). The number of methoxy groups -OCH3 is 1. The van der Waals surface area contributed by atoms with Crippen molar-refractivity contribution in [3.63, 3.8) is 0 Å². The number of thiazole rings is 1. The molecule has 0 radical (unpaired) electrons. The van der Waals surface area contributed by atoms with Gasteiger partial charge in [0, 0.05) is 20.7 Å². The van der Waals surface area contributed by atoms with Crippen LogP contribution >= 0.6 is 11.3 Å². The lowest BCUT2D eigenvalue weighted by Gasteiger charge is -2.13.